The van der Waals surface area contributed by atoms with Crippen molar-refractivity contribution in [2.75, 3.05) is 37.4 Å². The van der Waals surface area contributed by atoms with Gasteiger partial charge in [-0.25, -0.2) is 4.79 Å². The third-order valence-corrected chi connectivity index (χ3v) is 3.52. The summed E-state index contributed by atoms with van der Waals surface area (Å²) >= 11 is 0. The first kappa shape index (κ1) is 14.7. The van der Waals surface area contributed by atoms with Crippen LogP contribution in [0.1, 0.15) is 30.1 Å². The first-order chi connectivity index (χ1) is 9.72. The smallest absolute Gasteiger partial charge is 0.340 e. The topological polar surface area (TPSA) is 73.6 Å². The Morgan fingerprint density at radius 3 is 2.90 bits per heavy atom. The van der Waals surface area contributed by atoms with Crippen molar-refractivity contribution < 1.29 is 14.3 Å². The van der Waals surface area contributed by atoms with Crippen molar-refractivity contribution >= 4 is 17.3 Å². The van der Waals surface area contributed by atoms with Crippen LogP contribution in [0.2, 0.25) is 0 Å². The van der Waals surface area contributed by atoms with Gasteiger partial charge < -0.3 is 20.5 Å². The molecule has 0 amide bonds. The number of carbonyl (C=O) groups is 1. The van der Waals surface area contributed by atoms with Crippen molar-refractivity contribution in [3.63, 3.8) is 0 Å². The van der Waals surface area contributed by atoms with Crippen molar-refractivity contribution in [2.45, 2.75) is 19.8 Å². The van der Waals surface area contributed by atoms with E-state index in [4.69, 9.17) is 15.2 Å². The Morgan fingerprint density at radius 2 is 2.20 bits per heavy atom. The highest BCUT2D eigenvalue weighted by Crippen LogP contribution is 2.25. The van der Waals surface area contributed by atoms with Crippen molar-refractivity contribution in [3.05, 3.63) is 23.8 Å². The molecule has 5 nitrogen and oxygen atoms in total. The van der Waals surface area contributed by atoms with Gasteiger partial charge in [-0.3, -0.25) is 0 Å². The Morgan fingerprint density at radius 1 is 1.45 bits per heavy atom. The van der Waals surface area contributed by atoms with Crippen LogP contribution in [0.5, 0.6) is 0 Å². The van der Waals surface area contributed by atoms with Crippen LogP contribution in [0.4, 0.5) is 11.4 Å². The number of nitrogen functional groups attached to an aromatic ring is 1. The minimum absolute atomic E-state index is 0.345. The SMILES string of the molecule is CCOC(=O)c1cccc(NCC2CCOCC2)c1N. The molecule has 0 radical (unpaired) electrons. The van der Waals surface area contributed by atoms with Crippen LogP contribution in [0.15, 0.2) is 18.2 Å². The van der Waals surface area contributed by atoms with Crippen molar-refractivity contribution in [2.24, 2.45) is 5.92 Å². The normalized spacial score (nSPS) is 15.8. The molecule has 1 saturated heterocycles. The maximum atomic E-state index is 11.8. The Balaban J connectivity index is 2.00. The molecular weight excluding hydrogens is 256 g/mol. The van der Waals surface area contributed by atoms with Crippen LogP contribution in [-0.4, -0.2) is 32.3 Å². The van der Waals surface area contributed by atoms with Gasteiger partial charge in [-0.2, -0.15) is 0 Å². The summed E-state index contributed by atoms with van der Waals surface area (Å²) in [5.41, 5.74) is 7.71. The molecular formula is C15H22N2O3. The molecule has 0 bridgehead atoms. The van der Waals surface area contributed by atoms with Gasteiger partial charge in [0.15, 0.2) is 0 Å². The van der Waals surface area contributed by atoms with Gasteiger partial charge in [0.25, 0.3) is 0 Å². The van der Waals surface area contributed by atoms with E-state index < -0.39 is 0 Å². The zero-order valence-electron chi connectivity index (χ0n) is 11.9. The maximum absolute atomic E-state index is 11.8. The van der Waals surface area contributed by atoms with E-state index in [-0.39, 0.29) is 5.97 Å². The summed E-state index contributed by atoms with van der Waals surface area (Å²) in [4.78, 5) is 11.8. The van der Waals surface area contributed by atoms with Crippen molar-refractivity contribution in [3.8, 4) is 0 Å². The summed E-state index contributed by atoms with van der Waals surface area (Å²) < 4.78 is 10.3. The van der Waals surface area contributed by atoms with Gasteiger partial charge in [0.1, 0.15) is 0 Å². The minimum Gasteiger partial charge on any atom is -0.462 e. The van der Waals surface area contributed by atoms with E-state index in [1.165, 1.54) is 0 Å². The molecule has 3 N–H and O–H groups in total. The lowest BCUT2D eigenvalue weighted by atomic mass is 10.00. The van der Waals surface area contributed by atoms with Crippen LogP contribution in [0.3, 0.4) is 0 Å². The van der Waals surface area contributed by atoms with E-state index >= 15 is 0 Å². The summed E-state index contributed by atoms with van der Waals surface area (Å²) in [6.07, 6.45) is 2.12. The van der Waals surface area contributed by atoms with Gasteiger partial charge in [-0.05, 0) is 37.8 Å². The van der Waals surface area contributed by atoms with E-state index in [1.807, 2.05) is 12.1 Å². The highest BCUT2D eigenvalue weighted by Gasteiger charge is 2.16. The molecule has 0 unspecified atom stereocenters. The van der Waals surface area contributed by atoms with Crippen LogP contribution >= 0.6 is 0 Å². The van der Waals surface area contributed by atoms with E-state index in [2.05, 4.69) is 5.32 Å². The Hall–Kier alpha value is -1.75. The van der Waals surface area contributed by atoms with Crippen LogP contribution < -0.4 is 11.1 Å². The van der Waals surface area contributed by atoms with Crippen molar-refractivity contribution in [1.82, 2.24) is 0 Å². The predicted octanol–water partition coefficient (Wildman–Crippen LogP) is 2.28. The number of rotatable bonds is 5. The first-order valence-corrected chi connectivity index (χ1v) is 7.09. The number of para-hydroxylation sites is 1. The van der Waals surface area contributed by atoms with E-state index in [9.17, 15) is 4.79 Å². The second kappa shape index (κ2) is 7.14. The molecule has 0 spiro atoms. The average Bonchev–Trinajstić information content (AvgIpc) is 2.47. The lowest BCUT2D eigenvalue weighted by Crippen LogP contribution is -2.23. The molecule has 1 aromatic rings. The maximum Gasteiger partial charge on any atom is 0.340 e. The zero-order valence-corrected chi connectivity index (χ0v) is 11.9. The lowest BCUT2D eigenvalue weighted by molar-refractivity contribution is 0.0527. The largest absolute Gasteiger partial charge is 0.462 e. The second-order valence-corrected chi connectivity index (χ2v) is 4.92. The zero-order chi connectivity index (χ0) is 14.4. The number of carbonyl (C=O) groups excluding carboxylic acids is 1. The third kappa shape index (κ3) is 3.63. The molecule has 1 aliphatic heterocycles. The lowest BCUT2D eigenvalue weighted by Gasteiger charge is -2.23. The number of nitrogens with two attached hydrogens (primary N) is 1. The Kier molecular flexibility index (Phi) is 5.24. The fourth-order valence-electron chi connectivity index (χ4n) is 2.31. The Bertz CT molecular complexity index is 456. The van der Waals surface area contributed by atoms with E-state index in [1.54, 1.807) is 13.0 Å². The highest BCUT2D eigenvalue weighted by molar-refractivity contribution is 5.98. The molecule has 0 saturated carbocycles. The molecule has 20 heavy (non-hydrogen) atoms. The minimum atomic E-state index is -0.375. The van der Waals surface area contributed by atoms with Crippen LogP contribution in [-0.2, 0) is 9.47 Å². The molecule has 110 valence electrons. The molecule has 2 rings (SSSR count). The highest BCUT2D eigenvalue weighted by atomic mass is 16.5. The van der Waals surface area contributed by atoms with E-state index in [0.29, 0.717) is 23.8 Å². The monoisotopic (exact) mass is 278 g/mol. The molecule has 0 aromatic heterocycles. The fourth-order valence-corrected chi connectivity index (χ4v) is 2.31. The molecule has 1 fully saturated rings. The van der Waals surface area contributed by atoms with Gasteiger partial charge in [0.05, 0.1) is 23.5 Å². The summed E-state index contributed by atoms with van der Waals surface area (Å²) in [7, 11) is 0. The second-order valence-electron chi connectivity index (χ2n) is 4.92. The number of nitrogens with one attached hydrogen (secondary N) is 1. The summed E-state index contributed by atoms with van der Waals surface area (Å²) in [6.45, 7) is 4.62. The third-order valence-electron chi connectivity index (χ3n) is 3.52. The quantitative estimate of drug-likeness (QED) is 0.638. The Labute approximate surface area is 119 Å². The standard InChI is InChI=1S/C15H22N2O3/c1-2-20-15(18)12-4-3-5-13(14(12)16)17-10-11-6-8-19-9-7-11/h3-5,11,17H,2,6-10,16H2,1H3. The van der Waals surface area contributed by atoms with Crippen LogP contribution in [0, 0.1) is 5.92 Å². The number of benzene rings is 1. The predicted molar refractivity (Wildman–Crippen MR) is 78.8 cm³/mol. The average molecular weight is 278 g/mol. The number of hydrogen-bond donors (Lipinski definition) is 2. The number of anilines is 2. The molecule has 0 aliphatic carbocycles. The van der Waals surface area contributed by atoms with Crippen LogP contribution in [0.25, 0.3) is 0 Å². The van der Waals surface area contributed by atoms with Gasteiger partial charge in [-0.1, -0.05) is 6.07 Å². The molecule has 1 heterocycles. The van der Waals surface area contributed by atoms with Crippen molar-refractivity contribution in [1.29, 1.82) is 0 Å². The summed E-state index contributed by atoms with van der Waals surface area (Å²) in [5, 5.41) is 3.33. The van der Waals surface area contributed by atoms with Gasteiger partial charge >= 0.3 is 5.97 Å². The number of hydrogen-bond acceptors (Lipinski definition) is 5. The first-order valence-electron chi connectivity index (χ1n) is 7.09. The van der Waals surface area contributed by atoms with Gasteiger partial charge in [0.2, 0.25) is 0 Å². The van der Waals surface area contributed by atoms with Gasteiger partial charge in [-0.15, -0.1) is 0 Å². The molecule has 1 aromatic carbocycles. The van der Waals surface area contributed by atoms with E-state index in [0.717, 1.165) is 38.3 Å². The number of ether oxygens (including phenoxy) is 2. The number of esters is 1. The van der Waals surface area contributed by atoms with Gasteiger partial charge in [0, 0.05) is 19.8 Å². The summed E-state index contributed by atoms with van der Waals surface area (Å²) in [6, 6.07) is 5.39. The summed E-state index contributed by atoms with van der Waals surface area (Å²) in [5.74, 6) is 0.217. The molecule has 0 atom stereocenters. The fraction of sp³-hybridized carbons (Fsp3) is 0.533. The molecule has 5 heteroatoms. The molecule has 1 aliphatic rings.